The molecular formula is C24H23F3N6O3. The molecule has 9 nitrogen and oxygen atoms in total. The summed E-state index contributed by atoms with van der Waals surface area (Å²) in [5.74, 6) is -1.89. The van der Waals surface area contributed by atoms with Crippen LogP contribution in [0.25, 0.3) is 22.8 Å². The van der Waals surface area contributed by atoms with Crippen LogP contribution in [0.5, 0.6) is 0 Å². The van der Waals surface area contributed by atoms with Crippen molar-refractivity contribution in [2.24, 2.45) is 0 Å². The van der Waals surface area contributed by atoms with Crippen LogP contribution in [0.1, 0.15) is 34.3 Å². The van der Waals surface area contributed by atoms with Crippen molar-refractivity contribution in [3.63, 3.8) is 0 Å². The van der Waals surface area contributed by atoms with Gasteiger partial charge >= 0.3 is 12.1 Å². The van der Waals surface area contributed by atoms with Gasteiger partial charge < -0.3 is 19.2 Å². The van der Waals surface area contributed by atoms with Gasteiger partial charge in [0.25, 0.3) is 5.91 Å². The summed E-state index contributed by atoms with van der Waals surface area (Å²) in [6.45, 7) is 1.02. The first-order valence-electron chi connectivity index (χ1n) is 11.0. The minimum Gasteiger partial charge on any atom is -0.444 e. The molecule has 3 aromatic heterocycles. The van der Waals surface area contributed by atoms with E-state index in [0.717, 1.165) is 12.1 Å². The maximum absolute atomic E-state index is 12.8. The Hall–Kier alpha value is -4.06. The minimum atomic E-state index is -4.77. The molecule has 0 saturated heterocycles. The topological polar surface area (TPSA) is 110 Å². The first-order chi connectivity index (χ1) is 17.2. The number of halogens is 3. The lowest BCUT2D eigenvalue weighted by atomic mass is 10.0. The van der Waals surface area contributed by atoms with E-state index in [-0.39, 0.29) is 29.4 Å². The third kappa shape index (κ3) is 6.13. The molecule has 0 aliphatic carbocycles. The molecule has 0 radical (unpaired) electrons. The molecule has 0 spiro atoms. The molecule has 0 aliphatic rings. The smallest absolute Gasteiger partial charge is 0.444 e. The third-order valence-electron chi connectivity index (χ3n) is 5.32. The third-order valence-corrected chi connectivity index (χ3v) is 5.32. The van der Waals surface area contributed by atoms with Crippen molar-refractivity contribution in [2.75, 3.05) is 27.2 Å². The molecule has 1 unspecified atom stereocenters. The number of hydrogen-bond donors (Lipinski definition) is 1. The molecule has 1 N–H and O–H groups in total. The molecule has 0 fully saturated rings. The molecule has 0 bridgehead atoms. The molecule has 4 aromatic rings. The zero-order chi connectivity index (χ0) is 25.7. The number of alkyl halides is 3. The summed E-state index contributed by atoms with van der Waals surface area (Å²) >= 11 is 0. The average Bonchev–Trinajstić information content (AvgIpc) is 3.55. The predicted molar refractivity (Wildman–Crippen MR) is 123 cm³/mol. The van der Waals surface area contributed by atoms with Gasteiger partial charge in [-0.25, -0.2) is 4.98 Å². The van der Waals surface area contributed by atoms with Gasteiger partial charge in [-0.1, -0.05) is 23.4 Å². The summed E-state index contributed by atoms with van der Waals surface area (Å²) in [5.41, 5.74) is 1.81. The standard InChI is InChI=1S/C24H23F3N6O3/c1-33(2)9-8-16(19-14-35-22(30-19)15-6-4-3-5-7-15)13-29-21(34)18-10-17(11-28-12-18)20-31-23(36-32-20)24(25,26)27/h3-7,10-12,14,16H,8-9,13H2,1-2H3,(H,29,34). The lowest BCUT2D eigenvalue weighted by molar-refractivity contribution is -0.159. The van der Waals surface area contributed by atoms with Crippen molar-refractivity contribution in [1.82, 2.24) is 30.3 Å². The number of carbonyl (C=O) groups excluding carboxylic acids is 1. The average molecular weight is 500 g/mol. The maximum Gasteiger partial charge on any atom is 0.471 e. The number of oxazole rings is 1. The Labute approximate surface area is 204 Å². The Bertz CT molecular complexity index is 1300. The van der Waals surface area contributed by atoms with Crippen LogP contribution < -0.4 is 5.32 Å². The molecule has 12 heteroatoms. The van der Waals surface area contributed by atoms with E-state index in [0.29, 0.717) is 18.0 Å². The highest BCUT2D eigenvalue weighted by atomic mass is 19.4. The Morgan fingerprint density at radius 1 is 1.11 bits per heavy atom. The molecule has 0 saturated carbocycles. The first-order valence-corrected chi connectivity index (χ1v) is 11.0. The fourth-order valence-electron chi connectivity index (χ4n) is 3.42. The summed E-state index contributed by atoms with van der Waals surface area (Å²) in [7, 11) is 3.90. The number of benzene rings is 1. The summed E-state index contributed by atoms with van der Waals surface area (Å²) in [5, 5.41) is 6.19. The van der Waals surface area contributed by atoms with Gasteiger partial charge in [0.05, 0.1) is 11.3 Å². The lowest BCUT2D eigenvalue weighted by Crippen LogP contribution is -2.30. The van der Waals surface area contributed by atoms with Crippen LogP contribution in [-0.4, -0.2) is 58.1 Å². The Morgan fingerprint density at radius 2 is 1.89 bits per heavy atom. The molecule has 4 rings (SSSR count). The van der Waals surface area contributed by atoms with E-state index in [2.05, 4.69) is 29.9 Å². The largest absolute Gasteiger partial charge is 0.471 e. The van der Waals surface area contributed by atoms with E-state index >= 15 is 0 Å². The molecule has 3 heterocycles. The van der Waals surface area contributed by atoms with E-state index in [1.54, 1.807) is 6.26 Å². The Kier molecular flexibility index (Phi) is 7.44. The predicted octanol–water partition coefficient (Wildman–Crippen LogP) is 4.27. The second kappa shape index (κ2) is 10.7. The van der Waals surface area contributed by atoms with Crippen molar-refractivity contribution in [3.8, 4) is 22.8 Å². The van der Waals surface area contributed by atoms with E-state index in [4.69, 9.17) is 4.42 Å². The van der Waals surface area contributed by atoms with Crippen molar-refractivity contribution in [1.29, 1.82) is 0 Å². The summed E-state index contributed by atoms with van der Waals surface area (Å²) in [6, 6.07) is 10.8. The summed E-state index contributed by atoms with van der Waals surface area (Å²) in [6.07, 6.45) is 0.0851. The summed E-state index contributed by atoms with van der Waals surface area (Å²) in [4.78, 5) is 26.8. The SMILES string of the molecule is CN(C)CCC(CNC(=O)c1cncc(-c2noc(C(F)(F)F)n2)c1)c1coc(-c2ccccc2)n1. The molecule has 36 heavy (non-hydrogen) atoms. The molecular weight excluding hydrogens is 477 g/mol. The number of pyridine rings is 1. The van der Waals surface area contributed by atoms with E-state index in [9.17, 15) is 18.0 Å². The Balaban J connectivity index is 1.47. The van der Waals surface area contributed by atoms with Crippen LogP contribution in [0.3, 0.4) is 0 Å². The summed E-state index contributed by atoms with van der Waals surface area (Å²) < 4.78 is 48.2. The quantitative estimate of drug-likeness (QED) is 0.363. The number of nitrogens with zero attached hydrogens (tertiary/aromatic N) is 5. The van der Waals surface area contributed by atoms with Crippen molar-refractivity contribution in [2.45, 2.75) is 18.5 Å². The lowest BCUT2D eigenvalue weighted by Gasteiger charge is -2.18. The van der Waals surface area contributed by atoms with Gasteiger partial charge in [0.15, 0.2) is 0 Å². The first kappa shape index (κ1) is 25.0. The zero-order valence-electron chi connectivity index (χ0n) is 19.5. The highest BCUT2D eigenvalue weighted by Gasteiger charge is 2.38. The monoisotopic (exact) mass is 500 g/mol. The number of nitrogens with one attached hydrogen (secondary N) is 1. The minimum absolute atomic E-state index is 0.120. The van der Waals surface area contributed by atoms with Crippen molar-refractivity contribution >= 4 is 5.91 Å². The second-order valence-corrected chi connectivity index (χ2v) is 8.33. The number of amides is 1. The fourth-order valence-corrected chi connectivity index (χ4v) is 3.42. The number of hydrogen-bond acceptors (Lipinski definition) is 8. The number of rotatable bonds is 9. The highest BCUT2D eigenvalue weighted by molar-refractivity contribution is 5.94. The van der Waals surface area contributed by atoms with Gasteiger partial charge in [0.2, 0.25) is 11.7 Å². The molecule has 1 aromatic carbocycles. The van der Waals surface area contributed by atoms with E-state index in [1.807, 2.05) is 49.3 Å². The number of carbonyl (C=O) groups is 1. The van der Waals surface area contributed by atoms with E-state index < -0.39 is 18.0 Å². The maximum atomic E-state index is 12.8. The van der Waals surface area contributed by atoms with Crippen LogP contribution in [0.4, 0.5) is 13.2 Å². The van der Waals surface area contributed by atoms with Crippen molar-refractivity contribution in [3.05, 3.63) is 72.2 Å². The van der Waals surface area contributed by atoms with Crippen LogP contribution in [0.15, 0.2) is 64.0 Å². The van der Waals surface area contributed by atoms with E-state index in [1.165, 1.54) is 18.5 Å². The molecule has 1 atom stereocenters. The van der Waals surface area contributed by atoms with Crippen LogP contribution in [0, 0.1) is 0 Å². The van der Waals surface area contributed by atoms with Gasteiger partial charge in [-0.15, -0.1) is 0 Å². The van der Waals surface area contributed by atoms with Crippen LogP contribution in [-0.2, 0) is 6.18 Å². The number of aromatic nitrogens is 4. The highest BCUT2D eigenvalue weighted by Crippen LogP contribution is 2.29. The zero-order valence-corrected chi connectivity index (χ0v) is 19.5. The fraction of sp³-hybridized carbons (Fsp3) is 0.292. The van der Waals surface area contributed by atoms with Gasteiger partial charge in [-0.05, 0) is 45.3 Å². The van der Waals surface area contributed by atoms with Crippen molar-refractivity contribution < 1.29 is 26.9 Å². The molecule has 188 valence electrons. The second-order valence-electron chi connectivity index (χ2n) is 8.33. The van der Waals surface area contributed by atoms with Gasteiger partial charge in [-0.3, -0.25) is 9.78 Å². The van der Waals surface area contributed by atoms with Crippen LogP contribution >= 0.6 is 0 Å². The normalized spacial score (nSPS) is 12.6. The van der Waals surface area contributed by atoms with Crippen LogP contribution in [0.2, 0.25) is 0 Å². The van der Waals surface area contributed by atoms with Gasteiger partial charge in [0.1, 0.15) is 6.26 Å². The molecule has 1 amide bonds. The van der Waals surface area contributed by atoms with Gasteiger partial charge in [0, 0.05) is 36.0 Å². The van der Waals surface area contributed by atoms with Gasteiger partial charge in [-0.2, -0.15) is 18.2 Å². The Morgan fingerprint density at radius 3 is 2.58 bits per heavy atom. The molecule has 0 aliphatic heterocycles.